The van der Waals surface area contributed by atoms with Crippen LogP contribution in [0, 0.1) is 0 Å². The maximum absolute atomic E-state index is 12.3. The zero-order chi connectivity index (χ0) is 20.2. The lowest BCUT2D eigenvalue weighted by Crippen LogP contribution is -3.15. The van der Waals surface area contributed by atoms with E-state index in [9.17, 15) is 14.4 Å². The average Bonchev–Trinajstić information content (AvgIpc) is 3.39. The summed E-state index contributed by atoms with van der Waals surface area (Å²) in [6.45, 7) is 2.56. The van der Waals surface area contributed by atoms with E-state index in [1.807, 2.05) is 0 Å². The lowest BCUT2D eigenvalue weighted by atomic mass is 10.2. The van der Waals surface area contributed by atoms with Gasteiger partial charge in [0, 0.05) is 11.8 Å². The van der Waals surface area contributed by atoms with Crippen LogP contribution in [0.5, 0.6) is 11.5 Å². The molecule has 3 heterocycles. The van der Waals surface area contributed by atoms with Crippen molar-refractivity contribution >= 4 is 23.5 Å². The van der Waals surface area contributed by atoms with Gasteiger partial charge in [0.2, 0.25) is 6.79 Å². The van der Waals surface area contributed by atoms with Crippen molar-refractivity contribution in [2.45, 2.75) is 0 Å². The van der Waals surface area contributed by atoms with E-state index >= 15 is 0 Å². The van der Waals surface area contributed by atoms with Crippen molar-refractivity contribution in [3.63, 3.8) is 0 Å². The molecule has 29 heavy (non-hydrogen) atoms. The van der Waals surface area contributed by atoms with Gasteiger partial charge in [-0.05, 0) is 24.3 Å². The summed E-state index contributed by atoms with van der Waals surface area (Å²) in [6.07, 6.45) is 1.47. The van der Waals surface area contributed by atoms with Crippen molar-refractivity contribution in [3.05, 3.63) is 42.4 Å². The third-order valence-electron chi connectivity index (χ3n) is 4.78. The molecular formula is C19H21N4O6+. The van der Waals surface area contributed by atoms with Gasteiger partial charge < -0.3 is 29.0 Å². The number of fused-ring (bicyclic) bond motifs is 1. The quantitative estimate of drug-likeness (QED) is 0.648. The first-order chi connectivity index (χ1) is 14.1. The van der Waals surface area contributed by atoms with Gasteiger partial charge in [0.05, 0.1) is 32.4 Å². The molecule has 0 atom stereocenters. The van der Waals surface area contributed by atoms with E-state index in [-0.39, 0.29) is 25.2 Å². The van der Waals surface area contributed by atoms with Gasteiger partial charge in [-0.25, -0.2) is 4.79 Å². The number of nitrogens with one attached hydrogen (secondary N) is 3. The lowest BCUT2D eigenvalue weighted by Gasteiger charge is -2.31. The summed E-state index contributed by atoms with van der Waals surface area (Å²) in [6, 6.07) is 7.68. The monoisotopic (exact) mass is 401 g/mol. The number of rotatable bonds is 4. The number of urea groups is 1. The molecule has 10 heteroatoms. The first-order valence-electron chi connectivity index (χ1n) is 9.25. The number of nitrogens with zero attached hydrogens (tertiary/aromatic N) is 1. The molecule has 2 aromatic rings. The van der Waals surface area contributed by atoms with E-state index in [1.54, 1.807) is 35.2 Å². The largest absolute Gasteiger partial charge is 0.459 e. The summed E-state index contributed by atoms with van der Waals surface area (Å²) in [5, 5.41) is 4.92. The maximum atomic E-state index is 12.3. The number of piperazine rings is 1. The zero-order valence-corrected chi connectivity index (χ0v) is 15.6. The standard InChI is InChI=1S/C19H20N4O6/c24-17(21-19(26)20-13-3-4-14-16(10-13)29-12-28-14)11-22-5-7-23(8-6-22)18(25)15-2-1-9-27-15/h1-4,9-10H,5-8,11-12H2,(H2,20,21,24,26)/p+1. The molecule has 0 unspecified atom stereocenters. The van der Waals surface area contributed by atoms with Gasteiger partial charge in [-0.3, -0.25) is 14.9 Å². The van der Waals surface area contributed by atoms with Crippen LogP contribution < -0.4 is 25.0 Å². The van der Waals surface area contributed by atoms with Crippen LogP contribution in [0.3, 0.4) is 0 Å². The second kappa shape index (κ2) is 8.23. The molecular weight excluding hydrogens is 380 g/mol. The molecule has 0 saturated carbocycles. The van der Waals surface area contributed by atoms with Crippen molar-refractivity contribution in [2.24, 2.45) is 0 Å². The number of hydrogen-bond acceptors (Lipinski definition) is 6. The lowest BCUT2D eigenvalue weighted by molar-refractivity contribution is -0.895. The molecule has 4 amide bonds. The fraction of sp³-hybridized carbons (Fsp3) is 0.316. The Hall–Kier alpha value is -3.53. The van der Waals surface area contributed by atoms with Gasteiger partial charge in [0.1, 0.15) is 0 Å². The fourth-order valence-corrected chi connectivity index (χ4v) is 3.29. The number of ether oxygens (including phenoxy) is 2. The van der Waals surface area contributed by atoms with Crippen LogP contribution in [-0.2, 0) is 4.79 Å². The van der Waals surface area contributed by atoms with E-state index in [0.29, 0.717) is 49.1 Å². The highest BCUT2D eigenvalue weighted by Crippen LogP contribution is 2.34. The minimum Gasteiger partial charge on any atom is -0.459 e. The minimum atomic E-state index is -0.611. The minimum absolute atomic E-state index is 0.145. The van der Waals surface area contributed by atoms with E-state index in [1.165, 1.54) is 6.26 Å². The van der Waals surface area contributed by atoms with E-state index in [2.05, 4.69) is 10.6 Å². The Kier molecular flexibility index (Phi) is 5.34. The van der Waals surface area contributed by atoms with Gasteiger partial charge in [0.15, 0.2) is 23.8 Å². The Morgan fingerprint density at radius 3 is 2.62 bits per heavy atom. The van der Waals surface area contributed by atoms with Crippen LogP contribution in [0.4, 0.5) is 10.5 Å². The molecule has 2 aliphatic heterocycles. The first-order valence-corrected chi connectivity index (χ1v) is 9.25. The van der Waals surface area contributed by atoms with Gasteiger partial charge in [-0.1, -0.05) is 0 Å². The third kappa shape index (κ3) is 4.49. The van der Waals surface area contributed by atoms with Crippen LogP contribution in [-0.4, -0.2) is 62.3 Å². The van der Waals surface area contributed by atoms with Crippen LogP contribution in [0.2, 0.25) is 0 Å². The SMILES string of the molecule is O=C(C[NH+]1CCN(C(=O)c2ccco2)CC1)NC(=O)Nc1ccc2c(c1)OCO2. The number of amides is 4. The highest BCUT2D eigenvalue weighted by Gasteiger charge is 2.27. The summed E-state index contributed by atoms with van der Waals surface area (Å²) < 4.78 is 15.6. The number of imide groups is 1. The molecule has 1 fully saturated rings. The summed E-state index contributed by atoms with van der Waals surface area (Å²) in [5.74, 6) is 0.929. The molecule has 1 aromatic carbocycles. The van der Waals surface area contributed by atoms with Crippen molar-refractivity contribution in [1.29, 1.82) is 0 Å². The Morgan fingerprint density at radius 1 is 1.07 bits per heavy atom. The summed E-state index contributed by atoms with van der Waals surface area (Å²) in [7, 11) is 0. The Bertz CT molecular complexity index is 905. The second-order valence-electron chi connectivity index (χ2n) is 6.77. The predicted molar refractivity (Wildman–Crippen MR) is 99.9 cm³/mol. The Labute approximate surface area is 166 Å². The van der Waals surface area contributed by atoms with Crippen LogP contribution in [0.1, 0.15) is 10.6 Å². The number of carbonyl (C=O) groups is 3. The van der Waals surface area contributed by atoms with Crippen LogP contribution in [0.15, 0.2) is 41.0 Å². The van der Waals surface area contributed by atoms with E-state index in [4.69, 9.17) is 13.9 Å². The molecule has 4 rings (SSSR count). The molecule has 0 aliphatic carbocycles. The van der Waals surface area contributed by atoms with Crippen LogP contribution >= 0.6 is 0 Å². The highest BCUT2D eigenvalue weighted by atomic mass is 16.7. The molecule has 0 radical (unpaired) electrons. The molecule has 0 spiro atoms. The number of anilines is 1. The number of carbonyl (C=O) groups excluding carboxylic acids is 3. The molecule has 2 aliphatic rings. The summed E-state index contributed by atoms with van der Waals surface area (Å²) in [5.41, 5.74) is 0.497. The summed E-state index contributed by atoms with van der Waals surface area (Å²) in [4.78, 5) is 39.2. The fourth-order valence-electron chi connectivity index (χ4n) is 3.29. The molecule has 3 N–H and O–H groups in total. The number of benzene rings is 1. The Morgan fingerprint density at radius 2 is 1.86 bits per heavy atom. The van der Waals surface area contributed by atoms with Gasteiger partial charge >= 0.3 is 6.03 Å². The molecule has 10 nitrogen and oxygen atoms in total. The van der Waals surface area contributed by atoms with Crippen LogP contribution in [0.25, 0.3) is 0 Å². The number of furan rings is 1. The topological polar surface area (TPSA) is 115 Å². The van der Waals surface area contributed by atoms with Gasteiger partial charge in [-0.2, -0.15) is 0 Å². The zero-order valence-electron chi connectivity index (χ0n) is 15.6. The third-order valence-corrected chi connectivity index (χ3v) is 4.78. The second-order valence-corrected chi connectivity index (χ2v) is 6.77. The smallest absolute Gasteiger partial charge is 0.326 e. The normalized spacial score (nSPS) is 15.8. The van der Waals surface area contributed by atoms with Gasteiger partial charge in [0.25, 0.3) is 11.8 Å². The predicted octanol–water partition coefficient (Wildman–Crippen LogP) is -0.303. The maximum Gasteiger partial charge on any atom is 0.326 e. The first kappa shape index (κ1) is 18.8. The molecule has 0 bridgehead atoms. The van der Waals surface area contributed by atoms with Crippen molar-refractivity contribution < 1.29 is 33.2 Å². The number of quaternary nitrogens is 1. The van der Waals surface area contributed by atoms with Crippen molar-refractivity contribution in [1.82, 2.24) is 10.2 Å². The molecule has 1 saturated heterocycles. The van der Waals surface area contributed by atoms with Crippen molar-refractivity contribution in [2.75, 3.05) is 44.8 Å². The van der Waals surface area contributed by atoms with E-state index < -0.39 is 6.03 Å². The van der Waals surface area contributed by atoms with E-state index in [0.717, 1.165) is 4.90 Å². The number of hydrogen-bond donors (Lipinski definition) is 3. The molecule has 152 valence electrons. The molecule has 1 aromatic heterocycles. The Balaban J connectivity index is 1.21. The van der Waals surface area contributed by atoms with Gasteiger partial charge in [-0.15, -0.1) is 0 Å². The average molecular weight is 401 g/mol. The van der Waals surface area contributed by atoms with Crippen molar-refractivity contribution in [3.8, 4) is 11.5 Å². The summed E-state index contributed by atoms with van der Waals surface area (Å²) >= 11 is 0. The highest BCUT2D eigenvalue weighted by molar-refractivity contribution is 6.01.